The fourth-order valence-electron chi connectivity index (χ4n) is 3.61. The summed E-state index contributed by atoms with van der Waals surface area (Å²) >= 11 is 6.53. The molecule has 6 nitrogen and oxygen atoms in total. The van der Waals surface area contributed by atoms with Gasteiger partial charge in [0.2, 0.25) is 0 Å². The Bertz CT molecular complexity index is 1080. The molecule has 172 valence electrons. The molecule has 2 N–H and O–H groups in total. The minimum Gasteiger partial charge on any atom is -0.484 e. The van der Waals surface area contributed by atoms with Crippen molar-refractivity contribution in [1.29, 1.82) is 0 Å². The molecule has 1 aliphatic rings. The molecule has 0 saturated carbocycles. The van der Waals surface area contributed by atoms with E-state index in [4.69, 9.17) is 21.1 Å². The SMILES string of the molecule is Cc1ccc(NC(=O)COc2cccc(CNc3ccc(N4CCOCC4)c(Cl)c3)c2)cc1. The molecule has 4 rings (SSSR count). The molecule has 0 spiro atoms. The second-order valence-corrected chi connectivity index (χ2v) is 8.38. The van der Waals surface area contributed by atoms with E-state index in [0.29, 0.717) is 12.3 Å². The number of amides is 1. The van der Waals surface area contributed by atoms with Crippen molar-refractivity contribution < 1.29 is 14.3 Å². The molecular formula is C26H28ClN3O3. The zero-order valence-electron chi connectivity index (χ0n) is 18.6. The number of hydrogen-bond acceptors (Lipinski definition) is 5. The zero-order valence-corrected chi connectivity index (χ0v) is 19.4. The van der Waals surface area contributed by atoms with Crippen molar-refractivity contribution in [2.45, 2.75) is 13.5 Å². The van der Waals surface area contributed by atoms with E-state index >= 15 is 0 Å². The maximum absolute atomic E-state index is 12.2. The fraction of sp³-hybridized carbons (Fsp3) is 0.269. The van der Waals surface area contributed by atoms with Gasteiger partial charge in [-0.2, -0.15) is 0 Å². The standard InChI is InChI=1S/C26H28ClN3O3/c1-19-5-7-21(8-6-19)29-26(31)18-33-23-4-2-3-20(15-23)17-28-22-9-10-25(24(27)16-22)30-11-13-32-14-12-30/h2-10,15-16,28H,11-14,17-18H2,1H3,(H,29,31). The minimum absolute atomic E-state index is 0.0522. The quantitative estimate of drug-likeness (QED) is 0.483. The summed E-state index contributed by atoms with van der Waals surface area (Å²) in [6.45, 7) is 5.71. The lowest BCUT2D eigenvalue weighted by atomic mass is 10.2. The first-order valence-corrected chi connectivity index (χ1v) is 11.4. The average molecular weight is 466 g/mol. The van der Waals surface area contributed by atoms with Gasteiger partial charge < -0.3 is 25.0 Å². The van der Waals surface area contributed by atoms with Gasteiger partial charge in [0.25, 0.3) is 5.91 Å². The van der Waals surface area contributed by atoms with Crippen LogP contribution < -0.4 is 20.3 Å². The molecule has 0 bridgehead atoms. The molecule has 3 aromatic rings. The van der Waals surface area contributed by atoms with Gasteiger partial charge in [-0.05, 0) is 55.0 Å². The molecule has 0 aromatic heterocycles. The Morgan fingerprint density at radius 1 is 1.03 bits per heavy atom. The monoisotopic (exact) mass is 465 g/mol. The van der Waals surface area contributed by atoms with Crippen LogP contribution in [0.15, 0.2) is 66.7 Å². The Hall–Kier alpha value is -3.22. The van der Waals surface area contributed by atoms with E-state index < -0.39 is 0 Å². The van der Waals surface area contributed by atoms with Crippen LogP contribution in [-0.4, -0.2) is 38.8 Å². The topological polar surface area (TPSA) is 62.8 Å². The van der Waals surface area contributed by atoms with E-state index in [1.807, 2.05) is 73.7 Å². The van der Waals surface area contributed by atoms with E-state index in [2.05, 4.69) is 15.5 Å². The summed E-state index contributed by atoms with van der Waals surface area (Å²) in [5, 5.41) is 6.95. The highest BCUT2D eigenvalue weighted by Gasteiger charge is 2.14. The van der Waals surface area contributed by atoms with E-state index in [-0.39, 0.29) is 12.5 Å². The first-order chi connectivity index (χ1) is 16.1. The number of nitrogens with one attached hydrogen (secondary N) is 2. The molecule has 1 fully saturated rings. The predicted molar refractivity (Wildman–Crippen MR) is 134 cm³/mol. The molecule has 1 saturated heterocycles. The number of benzene rings is 3. The number of rotatable bonds is 8. The maximum atomic E-state index is 12.2. The van der Waals surface area contributed by atoms with Crippen LogP contribution in [0.2, 0.25) is 5.02 Å². The second-order valence-electron chi connectivity index (χ2n) is 7.97. The van der Waals surface area contributed by atoms with Crippen molar-refractivity contribution in [1.82, 2.24) is 0 Å². The van der Waals surface area contributed by atoms with Gasteiger partial charge in [0, 0.05) is 31.0 Å². The second kappa shape index (κ2) is 11.1. The lowest BCUT2D eigenvalue weighted by Crippen LogP contribution is -2.36. The first-order valence-electron chi connectivity index (χ1n) is 11.0. The van der Waals surface area contributed by atoms with Crippen molar-refractivity contribution >= 4 is 34.6 Å². The highest BCUT2D eigenvalue weighted by molar-refractivity contribution is 6.33. The van der Waals surface area contributed by atoms with Crippen molar-refractivity contribution in [3.63, 3.8) is 0 Å². The summed E-state index contributed by atoms with van der Waals surface area (Å²) in [5.74, 6) is 0.450. The molecule has 1 amide bonds. The van der Waals surface area contributed by atoms with Crippen molar-refractivity contribution in [2.75, 3.05) is 48.4 Å². The van der Waals surface area contributed by atoms with Gasteiger partial charge in [-0.1, -0.05) is 41.4 Å². The first kappa shape index (κ1) is 23.0. The number of ether oxygens (including phenoxy) is 2. The molecule has 33 heavy (non-hydrogen) atoms. The van der Waals surface area contributed by atoms with Gasteiger partial charge in [-0.25, -0.2) is 0 Å². The van der Waals surface area contributed by atoms with Crippen LogP contribution in [0.3, 0.4) is 0 Å². The number of carbonyl (C=O) groups is 1. The maximum Gasteiger partial charge on any atom is 0.262 e. The predicted octanol–water partition coefficient (Wildman–Crippen LogP) is 5.11. The van der Waals surface area contributed by atoms with Gasteiger partial charge >= 0.3 is 0 Å². The number of carbonyl (C=O) groups excluding carboxylic acids is 1. The van der Waals surface area contributed by atoms with Crippen LogP contribution in [0, 0.1) is 6.92 Å². The summed E-state index contributed by atoms with van der Waals surface area (Å²) in [4.78, 5) is 14.4. The number of morpholine rings is 1. The van der Waals surface area contributed by atoms with Gasteiger partial charge in [-0.15, -0.1) is 0 Å². The molecule has 0 atom stereocenters. The summed E-state index contributed by atoms with van der Waals surface area (Å²) in [6, 6.07) is 21.4. The summed E-state index contributed by atoms with van der Waals surface area (Å²) in [7, 11) is 0. The highest BCUT2D eigenvalue weighted by atomic mass is 35.5. The lowest BCUT2D eigenvalue weighted by molar-refractivity contribution is -0.118. The largest absolute Gasteiger partial charge is 0.484 e. The van der Waals surface area contributed by atoms with Crippen molar-refractivity contribution in [3.8, 4) is 5.75 Å². The molecule has 1 aliphatic heterocycles. The Balaban J connectivity index is 1.28. The van der Waals surface area contributed by atoms with Crippen LogP contribution in [0.25, 0.3) is 0 Å². The molecule has 7 heteroatoms. The average Bonchev–Trinajstić information content (AvgIpc) is 2.84. The third-order valence-corrected chi connectivity index (χ3v) is 5.70. The number of aryl methyl sites for hydroxylation is 1. The number of halogens is 1. The highest BCUT2D eigenvalue weighted by Crippen LogP contribution is 2.29. The smallest absolute Gasteiger partial charge is 0.262 e. The zero-order chi connectivity index (χ0) is 23.0. The third-order valence-electron chi connectivity index (χ3n) is 5.40. The van der Waals surface area contributed by atoms with E-state index in [9.17, 15) is 4.79 Å². The Kier molecular flexibility index (Phi) is 7.70. The molecule has 3 aromatic carbocycles. The van der Waals surface area contributed by atoms with Crippen LogP contribution >= 0.6 is 11.6 Å². The molecule has 0 unspecified atom stereocenters. The van der Waals surface area contributed by atoms with Crippen LogP contribution in [-0.2, 0) is 16.1 Å². The normalized spacial score (nSPS) is 13.5. The number of nitrogens with zero attached hydrogens (tertiary/aromatic N) is 1. The number of anilines is 3. The molecule has 1 heterocycles. The Morgan fingerprint density at radius 2 is 1.79 bits per heavy atom. The van der Waals surface area contributed by atoms with Gasteiger partial charge in [0.1, 0.15) is 5.75 Å². The molecular weight excluding hydrogens is 438 g/mol. The fourth-order valence-corrected chi connectivity index (χ4v) is 3.91. The van der Waals surface area contributed by atoms with Crippen molar-refractivity contribution in [3.05, 3.63) is 82.9 Å². The lowest BCUT2D eigenvalue weighted by Gasteiger charge is -2.29. The van der Waals surface area contributed by atoms with Gasteiger partial charge in [0.15, 0.2) is 6.61 Å². The summed E-state index contributed by atoms with van der Waals surface area (Å²) in [6.07, 6.45) is 0. The van der Waals surface area contributed by atoms with Gasteiger partial charge in [0.05, 0.1) is 23.9 Å². The molecule has 0 aliphatic carbocycles. The summed E-state index contributed by atoms with van der Waals surface area (Å²) < 4.78 is 11.1. The summed E-state index contributed by atoms with van der Waals surface area (Å²) in [5.41, 5.74) is 4.92. The van der Waals surface area contributed by atoms with Crippen LogP contribution in [0.1, 0.15) is 11.1 Å². The van der Waals surface area contributed by atoms with Crippen LogP contribution in [0.5, 0.6) is 5.75 Å². The Labute approximate surface area is 199 Å². The molecule has 0 radical (unpaired) electrons. The van der Waals surface area contributed by atoms with E-state index in [0.717, 1.165) is 59.5 Å². The van der Waals surface area contributed by atoms with E-state index in [1.165, 1.54) is 0 Å². The minimum atomic E-state index is -0.197. The van der Waals surface area contributed by atoms with Gasteiger partial charge in [-0.3, -0.25) is 4.79 Å². The van der Waals surface area contributed by atoms with Crippen molar-refractivity contribution in [2.24, 2.45) is 0 Å². The van der Waals surface area contributed by atoms with E-state index in [1.54, 1.807) is 0 Å². The third kappa shape index (κ3) is 6.63. The Morgan fingerprint density at radius 3 is 2.55 bits per heavy atom. The number of hydrogen-bond donors (Lipinski definition) is 2. The van der Waals surface area contributed by atoms with Crippen LogP contribution in [0.4, 0.5) is 17.1 Å².